The molecule has 3 rings (SSSR count). The molecule has 0 bridgehead atoms. The van der Waals surface area contributed by atoms with Crippen LogP contribution in [0, 0.1) is 5.82 Å². The van der Waals surface area contributed by atoms with Gasteiger partial charge < -0.3 is 10.1 Å². The fraction of sp³-hybridized carbons (Fsp3) is 0.100. The van der Waals surface area contributed by atoms with Crippen LogP contribution in [-0.4, -0.2) is 18.1 Å². The van der Waals surface area contributed by atoms with Crippen LogP contribution in [-0.2, 0) is 10.9 Å². The summed E-state index contributed by atoms with van der Waals surface area (Å²) in [5.41, 5.74) is 1.21. The van der Waals surface area contributed by atoms with E-state index in [0.29, 0.717) is 22.6 Å². The molecule has 8 heteroatoms. The number of alkyl halides is 3. The summed E-state index contributed by atoms with van der Waals surface area (Å²) < 4.78 is 56.1. The number of carbonyl (C=O) groups is 1. The van der Waals surface area contributed by atoms with Crippen molar-refractivity contribution >= 4 is 17.3 Å². The highest BCUT2D eigenvalue weighted by molar-refractivity contribution is 5.93. The molecule has 1 aromatic heterocycles. The Hall–Kier alpha value is -3.42. The highest BCUT2D eigenvalue weighted by atomic mass is 19.4. The smallest absolute Gasteiger partial charge is 0.416 e. The topological polar surface area (TPSA) is 51.2 Å². The molecule has 4 nitrogen and oxygen atoms in total. The van der Waals surface area contributed by atoms with Crippen LogP contribution >= 0.6 is 0 Å². The standard InChI is InChI=1S/C20H14F4N2O2/c1-28-19(27)12-2-8-18(16(10-12)17-9-5-14(21)11-25-17)26-15-6-3-13(4-7-15)20(22,23)24/h2-11,26H,1H3. The molecule has 0 aliphatic carbocycles. The van der Waals surface area contributed by atoms with Crippen molar-refractivity contribution in [2.45, 2.75) is 6.18 Å². The van der Waals surface area contributed by atoms with E-state index in [9.17, 15) is 22.4 Å². The largest absolute Gasteiger partial charge is 0.465 e. The fourth-order valence-corrected chi connectivity index (χ4v) is 2.54. The molecule has 0 radical (unpaired) electrons. The minimum Gasteiger partial charge on any atom is -0.465 e. The van der Waals surface area contributed by atoms with Crippen molar-refractivity contribution in [3.8, 4) is 11.3 Å². The van der Waals surface area contributed by atoms with E-state index in [1.807, 2.05) is 0 Å². The van der Waals surface area contributed by atoms with Crippen molar-refractivity contribution < 1.29 is 27.1 Å². The summed E-state index contributed by atoms with van der Waals surface area (Å²) in [7, 11) is 1.24. The number of pyridine rings is 1. The van der Waals surface area contributed by atoms with Gasteiger partial charge in [-0.15, -0.1) is 0 Å². The minimum atomic E-state index is -4.43. The molecule has 1 heterocycles. The summed E-state index contributed by atoms with van der Waals surface area (Å²) in [5, 5.41) is 3.00. The number of halogens is 4. The first kappa shape index (κ1) is 19.3. The van der Waals surface area contributed by atoms with E-state index in [0.717, 1.165) is 18.3 Å². The van der Waals surface area contributed by atoms with Crippen molar-refractivity contribution in [3.63, 3.8) is 0 Å². The Balaban J connectivity index is 2.00. The second-order valence-corrected chi connectivity index (χ2v) is 5.81. The Labute approximate surface area is 157 Å². The van der Waals surface area contributed by atoms with Gasteiger partial charge >= 0.3 is 12.1 Å². The zero-order valence-corrected chi connectivity index (χ0v) is 14.5. The van der Waals surface area contributed by atoms with E-state index in [4.69, 9.17) is 4.74 Å². The van der Waals surface area contributed by atoms with Gasteiger partial charge in [0.1, 0.15) is 5.82 Å². The summed E-state index contributed by atoms with van der Waals surface area (Å²) in [4.78, 5) is 15.8. The number of ether oxygens (including phenoxy) is 1. The normalized spacial score (nSPS) is 11.2. The molecule has 0 amide bonds. The maximum atomic E-state index is 13.2. The van der Waals surface area contributed by atoms with Crippen molar-refractivity contribution in [1.82, 2.24) is 4.98 Å². The third-order valence-corrected chi connectivity index (χ3v) is 3.94. The van der Waals surface area contributed by atoms with Gasteiger partial charge in [-0.2, -0.15) is 13.2 Å². The molecule has 0 fully saturated rings. The minimum absolute atomic E-state index is 0.251. The molecule has 0 aliphatic rings. The van der Waals surface area contributed by atoms with E-state index in [1.165, 1.54) is 43.5 Å². The SMILES string of the molecule is COC(=O)c1ccc(Nc2ccc(C(F)(F)F)cc2)c(-c2ccc(F)cn2)c1. The number of rotatable bonds is 4. The number of aromatic nitrogens is 1. The first-order chi connectivity index (χ1) is 13.3. The number of benzene rings is 2. The van der Waals surface area contributed by atoms with Crippen LogP contribution in [0.3, 0.4) is 0 Å². The molecule has 144 valence electrons. The van der Waals surface area contributed by atoms with Crippen molar-refractivity contribution in [2.24, 2.45) is 0 Å². The second kappa shape index (κ2) is 7.67. The van der Waals surface area contributed by atoms with E-state index in [-0.39, 0.29) is 5.56 Å². The average molecular weight is 390 g/mol. The monoisotopic (exact) mass is 390 g/mol. The van der Waals surface area contributed by atoms with Gasteiger partial charge in [0.05, 0.1) is 30.1 Å². The van der Waals surface area contributed by atoms with Crippen LogP contribution < -0.4 is 5.32 Å². The van der Waals surface area contributed by atoms with E-state index in [1.54, 1.807) is 6.07 Å². The lowest BCUT2D eigenvalue weighted by Crippen LogP contribution is -2.05. The number of carbonyl (C=O) groups excluding carboxylic acids is 1. The Bertz CT molecular complexity index is 985. The van der Waals surface area contributed by atoms with E-state index in [2.05, 4.69) is 10.3 Å². The molecular weight excluding hydrogens is 376 g/mol. The third-order valence-electron chi connectivity index (χ3n) is 3.94. The molecular formula is C20H14F4N2O2. The third kappa shape index (κ3) is 4.28. The van der Waals surface area contributed by atoms with E-state index < -0.39 is 23.5 Å². The molecule has 0 unspecified atom stereocenters. The zero-order valence-electron chi connectivity index (χ0n) is 14.5. The van der Waals surface area contributed by atoms with Gasteiger partial charge in [-0.25, -0.2) is 9.18 Å². The molecule has 0 saturated heterocycles. The van der Waals surface area contributed by atoms with Crippen LogP contribution in [0.4, 0.5) is 28.9 Å². The molecule has 3 aromatic rings. The Morgan fingerprint density at radius 1 is 1.04 bits per heavy atom. The van der Waals surface area contributed by atoms with Crippen LogP contribution in [0.2, 0.25) is 0 Å². The maximum Gasteiger partial charge on any atom is 0.416 e. The van der Waals surface area contributed by atoms with Crippen molar-refractivity contribution in [3.05, 3.63) is 77.7 Å². The summed E-state index contributed by atoms with van der Waals surface area (Å²) >= 11 is 0. The number of anilines is 2. The molecule has 0 spiro atoms. The van der Waals surface area contributed by atoms with Gasteiger partial charge in [-0.3, -0.25) is 4.98 Å². The van der Waals surface area contributed by atoms with Gasteiger partial charge in [0.2, 0.25) is 0 Å². The molecule has 0 aliphatic heterocycles. The fourth-order valence-electron chi connectivity index (χ4n) is 2.54. The predicted octanol–water partition coefficient (Wildman–Crippen LogP) is 5.44. The molecule has 0 atom stereocenters. The summed E-state index contributed by atoms with van der Waals surface area (Å²) in [6, 6.07) is 11.7. The van der Waals surface area contributed by atoms with Gasteiger partial charge in [-0.1, -0.05) is 0 Å². The van der Waals surface area contributed by atoms with E-state index >= 15 is 0 Å². The number of methoxy groups -OCH3 is 1. The summed E-state index contributed by atoms with van der Waals surface area (Å²) in [6.45, 7) is 0. The number of nitrogens with one attached hydrogen (secondary N) is 1. The predicted molar refractivity (Wildman–Crippen MR) is 95.7 cm³/mol. The van der Waals surface area contributed by atoms with Crippen LogP contribution in [0.1, 0.15) is 15.9 Å². The lowest BCUT2D eigenvalue weighted by atomic mass is 10.0. The van der Waals surface area contributed by atoms with Gasteiger partial charge in [0, 0.05) is 16.9 Å². The highest BCUT2D eigenvalue weighted by Crippen LogP contribution is 2.33. The summed E-state index contributed by atoms with van der Waals surface area (Å²) in [5.74, 6) is -1.09. The molecule has 2 aromatic carbocycles. The highest BCUT2D eigenvalue weighted by Gasteiger charge is 2.30. The summed E-state index contributed by atoms with van der Waals surface area (Å²) in [6.07, 6.45) is -3.40. The zero-order chi connectivity index (χ0) is 20.3. The van der Waals surface area contributed by atoms with Crippen molar-refractivity contribution in [1.29, 1.82) is 0 Å². The number of hydrogen-bond acceptors (Lipinski definition) is 4. The van der Waals surface area contributed by atoms with Gasteiger partial charge in [0.15, 0.2) is 0 Å². The van der Waals surface area contributed by atoms with Crippen LogP contribution in [0.25, 0.3) is 11.3 Å². The first-order valence-electron chi connectivity index (χ1n) is 8.06. The Morgan fingerprint density at radius 2 is 1.75 bits per heavy atom. The average Bonchev–Trinajstić information content (AvgIpc) is 2.68. The number of esters is 1. The maximum absolute atomic E-state index is 13.2. The molecule has 1 N–H and O–H groups in total. The Kier molecular flexibility index (Phi) is 5.30. The Morgan fingerprint density at radius 3 is 2.32 bits per heavy atom. The first-order valence-corrected chi connectivity index (χ1v) is 8.06. The second-order valence-electron chi connectivity index (χ2n) is 5.81. The lowest BCUT2D eigenvalue weighted by Gasteiger charge is -2.14. The van der Waals surface area contributed by atoms with Gasteiger partial charge in [-0.05, 0) is 54.6 Å². The molecule has 28 heavy (non-hydrogen) atoms. The number of nitrogens with zero attached hydrogens (tertiary/aromatic N) is 1. The van der Waals surface area contributed by atoms with Crippen LogP contribution in [0.15, 0.2) is 60.8 Å². The van der Waals surface area contributed by atoms with Gasteiger partial charge in [0.25, 0.3) is 0 Å². The number of hydrogen-bond donors (Lipinski definition) is 1. The van der Waals surface area contributed by atoms with Crippen molar-refractivity contribution in [2.75, 3.05) is 12.4 Å². The lowest BCUT2D eigenvalue weighted by molar-refractivity contribution is -0.137. The molecule has 0 saturated carbocycles. The van der Waals surface area contributed by atoms with Crippen LogP contribution in [0.5, 0.6) is 0 Å². The quantitative estimate of drug-likeness (QED) is 0.476.